The molecular weight excluding hydrogens is 182 g/mol. The van der Waals surface area contributed by atoms with Gasteiger partial charge < -0.3 is 10.1 Å². The fourth-order valence-corrected chi connectivity index (χ4v) is 1.08. The molecule has 1 N–H and O–H groups in total. The van der Waals surface area contributed by atoms with Gasteiger partial charge in [-0.1, -0.05) is 13.3 Å². The van der Waals surface area contributed by atoms with E-state index >= 15 is 0 Å². The topological polar surface area (TPSA) is 55.4 Å². The average Bonchev–Trinajstić information content (AvgIpc) is 2.01. The van der Waals surface area contributed by atoms with Crippen LogP contribution in [0.5, 0.6) is 0 Å². The molecule has 0 aliphatic carbocycles. The molecule has 0 bridgehead atoms. The Bertz CT molecular complexity index is 202. The average molecular weight is 201 g/mol. The Labute approximate surface area is 85.0 Å². The summed E-state index contributed by atoms with van der Waals surface area (Å²) < 4.78 is 4.90. The molecule has 4 heteroatoms. The number of amides is 1. The zero-order chi connectivity index (χ0) is 11.1. The second-order valence-electron chi connectivity index (χ2n) is 3.55. The highest BCUT2D eigenvalue weighted by atomic mass is 16.5. The van der Waals surface area contributed by atoms with E-state index in [4.69, 9.17) is 4.74 Å². The molecule has 0 aromatic rings. The van der Waals surface area contributed by atoms with Crippen molar-refractivity contribution in [1.82, 2.24) is 5.32 Å². The number of esters is 1. The van der Waals surface area contributed by atoms with Crippen LogP contribution >= 0.6 is 0 Å². The highest BCUT2D eigenvalue weighted by Crippen LogP contribution is 2.03. The van der Waals surface area contributed by atoms with Gasteiger partial charge in [0.05, 0.1) is 0 Å². The molecule has 82 valence electrons. The molecule has 1 amide bonds. The summed E-state index contributed by atoms with van der Waals surface area (Å²) in [6.45, 7) is 6.99. The van der Waals surface area contributed by atoms with Gasteiger partial charge in [-0.05, 0) is 20.3 Å². The van der Waals surface area contributed by atoms with Gasteiger partial charge in [-0.15, -0.1) is 0 Å². The predicted octanol–water partition coefficient (Wildman–Crippen LogP) is 1.24. The zero-order valence-electron chi connectivity index (χ0n) is 9.29. The van der Waals surface area contributed by atoms with Crippen LogP contribution in [0.2, 0.25) is 0 Å². The molecule has 0 rings (SSSR count). The van der Waals surface area contributed by atoms with Gasteiger partial charge in [0.15, 0.2) is 6.10 Å². The third kappa shape index (κ3) is 5.56. The Morgan fingerprint density at radius 1 is 1.36 bits per heavy atom. The third-order valence-corrected chi connectivity index (χ3v) is 1.58. The van der Waals surface area contributed by atoms with Gasteiger partial charge in [0.1, 0.15) is 0 Å². The molecule has 0 aromatic heterocycles. The van der Waals surface area contributed by atoms with E-state index < -0.39 is 12.1 Å². The number of hydrogen-bond donors (Lipinski definition) is 1. The summed E-state index contributed by atoms with van der Waals surface area (Å²) in [5.74, 6) is -0.626. The van der Waals surface area contributed by atoms with Crippen LogP contribution in [-0.4, -0.2) is 24.0 Å². The lowest BCUT2D eigenvalue weighted by molar-refractivity contribution is -0.154. The quantitative estimate of drug-likeness (QED) is 0.681. The number of nitrogens with one attached hydrogen (secondary N) is 1. The summed E-state index contributed by atoms with van der Waals surface area (Å²) in [5, 5.41) is 2.72. The maximum atomic E-state index is 11.5. The van der Waals surface area contributed by atoms with Gasteiger partial charge in [0, 0.05) is 13.0 Å². The zero-order valence-corrected chi connectivity index (χ0v) is 9.29. The van der Waals surface area contributed by atoms with Gasteiger partial charge >= 0.3 is 5.97 Å². The number of carbonyl (C=O) groups excluding carboxylic acids is 2. The summed E-state index contributed by atoms with van der Waals surface area (Å²) in [6.07, 6.45) is 0.738. The first-order chi connectivity index (χ1) is 6.47. The van der Waals surface area contributed by atoms with Crippen LogP contribution in [0.4, 0.5) is 0 Å². The van der Waals surface area contributed by atoms with Crippen molar-refractivity contribution in [2.24, 2.45) is 0 Å². The molecular formula is C10H19NO3. The smallest absolute Gasteiger partial charge is 0.303 e. The molecule has 14 heavy (non-hydrogen) atoms. The monoisotopic (exact) mass is 201 g/mol. The molecule has 1 atom stereocenters. The molecule has 0 aromatic carbocycles. The summed E-state index contributed by atoms with van der Waals surface area (Å²) in [7, 11) is 0. The van der Waals surface area contributed by atoms with Gasteiger partial charge in [-0.25, -0.2) is 0 Å². The molecule has 0 spiro atoms. The van der Waals surface area contributed by atoms with Crippen LogP contribution in [0.15, 0.2) is 0 Å². The molecule has 0 radical (unpaired) electrons. The first-order valence-electron chi connectivity index (χ1n) is 4.95. The summed E-state index contributed by atoms with van der Waals surface area (Å²) in [4.78, 5) is 22.2. The SMILES string of the molecule is CCC[C@H](OC(C)=O)C(=O)NC(C)C. The van der Waals surface area contributed by atoms with Gasteiger partial charge in [0.25, 0.3) is 5.91 Å². The first-order valence-corrected chi connectivity index (χ1v) is 4.95. The molecule has 0 unspecified atom stereocenters. The second kappa shape index (κ2) is 6.40. The normalized spacial score (nSPS) is 12.4. The van der Waals surface area contributed by atoms with E-state index in [0.717, 1.165) is 6.42 Å². The second-order valence-corrected chi connectivity index (χ2v) is 3.55. The highest BCUT2D eigenvalue weighted by molar-refractivity contribution is 5.83. The van der Waals surface area contributed by atoms with Crippen LogP contribution in [0.25, 0.3) is 0 Å². The van der Waals surface area contributed by atoms with Crippen molar-refractivity contribution in [1.29, 1.82) is 0 Å². The van der Waals surface area contributed by atoms with E-state index in [2.05, 4.69) is 5.32 Å². The van der Waals surface area contributed by atoms with Crippen molar-refractivity contribution in [3.05, 3.63) is 0 Å². The van der Waals surface area contributed by atoms with Crippen molar-refractivity contribution < 1.29 is 14.3 Å². The highest BCUT2D eigenvalue weighted by Gasteiger charge is 2.20. The van der Waals surface area contributed by atoms with Crippen LogP contribution in [0.3, 0.4) is 0 Å². The molecule has 0 aliphatic heterocycles. The number of ether oxygens (including phenoxy) is 1. The minimum Gasteiger partial charge on any atom is -0.452 e. The molecule has 0 heterocycles. The molecule has 0 saturated carbocycles. The minimum atomic E-state index is -0.639. The third-order valence-electron chi connectivity index (χ3n) is 1.58. The summed E-state index contributed by atoms with van der Waals surface area (Å²) in [6, 6.07) is 0.0671. The number of carbonyl (C=O) groups is 2. The van der Waals surface area contributed by atoms with Crippen LogP contribution < -0.4 is 5.32 Å². The fourth-order valence-electron chi connectivity index (χ4n) is 1.08. The van der Waals surface area contributed by atoms with E-state index in [-0.39, 0.29) is 11.9 Å². The van der Waals surface area contributed by atoms with Crippen LogP contribution in [0, 0.1) is 0 Å². The standard InChI is InChI=1S/C10H19NO3/c1-5-6-9(14-8(4)12)10(13)11-7(2)3/h7,9H,5-6H2,1-4H3,(H,11,13)/t9-/m0/s1. The summed E-state index contributed by atoms with van der Waals surface area (Å²) >= 11 is 0. The van der Waals surface area contributed by atoms with Gasteiger partial charge in [0.2, 0.25) is 0 Å². The predicted molar refractivity (Wildman–Crippen MR) is 53.7 cm³/mol. The van der Waals surface area contributed by atoms with Crippen molar-refractivity contribution in [2.75, 3.05) is 0 Å². The Hall–Kier alpha value is -1.06. The minimum absolute atomic E-state index is 0.0671. The first kappa shape index (κ1) is 12.9. The Balaban J connectivity index is 4.17. The molecule has 0 saturated heterocycles. The maximum Gasteiger partial charge on any atom is 0.303 e. The van der Waals surface area contributed by atoms with E-state index in [0.29, 0.717) is 6.42 Å². The van der Waals surface area contributed by atoms with E-state index in [1.165, 1.54) is 6.92 Å². The van der Waals surface area contributed by atoms with Crippen molar-refractivity contribution in [3.8, 4) is 0 Å². The van der Waals surface area contributed by atoms with E-state index in [9.17, 15) is 9.59 Å². The lowest BCUT2D eigenvalue weighted by atomic mass is 10.2. The lowest BCUT2D eigenvalue weighted by Gasteiger charge is -2.17. The van der Waals surface area contributed by atoms with Gasteiger partial charge in [-0.3, -0.25) is 9.59 Å². The van der Waals surface area contributed by atoms with E-state index in [1.54, 1.807) is 0 Å². The summed E-state index contributed by atoms with van der Waals surface area (Å²) in [5.41, 5.74) is 0. The fraction of sp³-hybridized carbons (Fsp3) is 0.800. The van der Waals surface area contributed by atoms with Crippen molar-refractivity contribution in [2.45, 2.75) is 52.7 Å². The van der Waals surface area contributed by atoms with Crippen molar-refractivity contribution >= 4 is 11.9 Å². The Morgan fingerprint density at radius 3 is 2.29 bits per heavy atom. The van der Waals surface area contributed by atoms with Crippen LogP contribution in [-0.2, 0) is 14.3 Å². The number of rotatable bonds is 5. The maximum absolute atomic E-state index is 11.5. The van der Waals surface area contributed by atoms with E-state index in [1.807, 2.05) is 20.8 Å². The van der Waals surface area contributed by atoms with Gasteiger partial charge in [-0.2, -0.15) is 0 Å². The molecule has 0 fully saturated rings. The number of hydrogen-bond acceptors (Lipinski definition) is 3. The Kier molecular flexibility index (Phi) is 5.92. The molecule has 4 nitrogen and oxygen atoms in total. The lowest BCUT2D eigenvalue weighted by Crippen LogP contribution is -2.40. The largest absolute Gasteiger partial charge is 0.452 e. The van der Waals surface area contributed by atoms with Crippen molar-refractivity contribution in [3.63, 3.8) is 0 Å². The molecule has 0 aliphatic rings. The Morgan fingerprint density at radius 2 is 1.93 bits per heavy atom. The van der Waals surface area contributed by atoms with Crippen LogP contribution in [0.1, 0.15) is 40.5 Å².